The van der Waals surface area contributed by atoms with E-state index in [-0.39, 0.29) is 16.0 Å². The smallest absolute Gasteiger partial charge is 0.423 e. The minimum absolute atomic E-state index is 0.00188. The Hall–Kier alpha value is -1.89. The molecule has 1 amide bonds. The van der Waals surface area contributed by atoms with E-state index in [4.69, 9.17) is 11.6 Å². The van der Waals surface area contributed by atoms with Crippen LogP contribution in [0.15, 0.2) is 36.4 Å². The van der Waals surface area contributed by atoms with Crippen LogP contribution in [0, 0.1) is 12.7 Å². The summed E-state index contributed by atoms with van der Waals surface area (Å²) >= 11 is 5.82. The van der Waals surface area contributed by atoms with Gasteiger partial charge in [-0.05, 0) is 42.7 Å². The first-order chi connectivity index (χ1) is 9.88. The van der Waals surface area contributed by atoms with Crippen LogP contribution in [0.4, 0.5) is 10.1 Å². The van der Waals surface area contributed by atoms with Gasteiger partial charge in [-0.15, -0.1) is 0 Å². The number of rotatable bonds is 3. The normalized spacial score (nSPS) is 10.3. The first kappa shape index (κ1) is 15.5. The molecule has 0 aliphatic carbocycles. The Morgan fingerprint density at radius 2 is 1.95 bits per heavy atom. The summed E-state index contributed by atoms with van der Waals surface area (Å²) in [6.07, 6.45) is 0. The van der Waals surface area contributed by atoms with Gasteiger partial charge in [0, 0.05) is 5.69 Å². The molecule has 3 N–H and O–H groups in total. The van der Waals surface area contributed by atoms with E-state index < -0.39 is 18.8 Å². The molecule has 2 aromatic rings. The maximum atomic E-state index is 13.0. The number of halogens is 2. The van der Waals surface area contributed by atoms with Crippen LogP contribution in [-0.4, -0.2) is 23.1 Å². The minimum Gasteiger partial charge on any atom is -0.423 e. The van der Waals surface area contributed by atoms with Gasteiger partial charge in [-0.1, -0.05) is 23.2 Å². The predicted molar refractivity (Wildman–Crippen MR) is 80.4 cm³/mol. The zero-order chi connectivity index (χ0) is 15.6. The maximum Gasteiger partial charge on any atom is 0.488 e. The molecule has 0 aliphatic rings. The van der Waals surface area contributed by atoms with Gasteiger partial charge in [0.15, 0.2) is 0 Å². The van der Waals surface area contributed by atoms with Crippen molar-refractivity contribution in [3.05, 3.63) is 58.4 Å². The molecule has 21 heavy (non-hydrogen) atoms. The van der Waals surface area contributed by atoms with E-state index >= 15 is 0 Å². The van der Waals surface area contributed by atoms with Crippen LogP contribution in [0.3, 0.4) is 0 Å². The van der Waals surface area contributed by atoms with Crippen molar-refractivity contribution in [1.82, 2.24) is 0 Å². The molecule has 2 aromatic carbocycles. The number of carbonyl (C=O) groups is 1. The van der Waals surface area contributed by atoms with Crippen LogP contribution in [0.25, 0.3) is 0 Å². The van der Waals surface area contributed by atoms with Crippen molar-refractivity contribution in [3.63, 3.8) is 0 Å². The molecule has 2 rings (SSSR count). The number of hydrogen-bond donors (Lipinski definition) is 3. The lowest BCUT2D eigenvalue weighted by Gasteiger charge is -2.10. The summed E-state index contributed by atoms with van der Waals surface area (Å²) < 4.78 is 13.0. The summed E-state index contributed by atoms with van der Waals surface area (Å²) in [5.74, 6) is -1.04. The third kappa shape index (κ3) is 3.61. The topological polar surface area (TPSA) is 69.6 Å². The second kappa shape index (κ2) is 6.26. The van der Waals surface area contributed by atoms with E-state index in [0.717, 1.165) is 12.1 Å². The Balaban J connectivity index is 2.25. The summed E-state index contributed by atoms with van der Waals surface area (Å²) in [6, 6.07) is 8.19. The van der Waals surface area contributed by atoms with Crippen molar-refractivity contribution >= 4 is 35.8 Å². The zero-order valence-electron chi connectivity index (χ0n) is 11.1. The number of aryl methyl sites for hydroxylation is 1. The third-order valence-electron chi connectivity index (χ3n) is 2.99. The van der Waals surface area contributed by atoms with E-state index in [9.17, 15) is 19.2 Å². The van der Waals surface area contributed by atoms with E-state index in [1.165, 1.54) is 12.1 Å². The van der Waals surface area contributed by atoms with Crippen molar-refractivity contribution in [2.45, 2.75) is 6.92 Å². The lowest BCUT2D eigenvalue weighted by molar-refractivity contribution is 0.102. The van der Waals surface area contributed by atoms with E-state index in [1.807, 2.05) is 0 Å². The number of nitrogens with one attached hydrogen (secondary N) is 1. The first-order valence-electron chi connectivity index (χ1n) is 6.11. The van der Waals surface area contributed by atoms with Crippen LogP contribution < -0.4 is 10.8 Å². The van der Waals surface area contributed by atoms with Crippen LogP contribution in [0.5, 0.6) is 0 Å². The summed E-state index contributed by atoms with van der Waals surface area (Å²) in [5.41, 5.74) is 1.49. The number of carbonyl (C=O) groups excluding carboxylic acids is 1. The van der Waals surface area contributed by atoms with Crippen molar-refractivity contribution in [1.29, 1.82) is 0 Å². The van der Waals surface area contributed by atoms with Crippen LogP contribution in [-0.2, 0) is 0 Å². The Morgan fingerprint density at radius 3 is 2.57 bits per heavy atom. The molecule has 0 aliphatic heterocycles. The average molecular weight is 308 g/mol. The Morgan fingerprint density at radius 1 is 1.24 bits per heavy atom. The van der Waals surface area contributed by atoms with E-state index in [1.54, 1.807) is 19.1 Å². The summed E-state index contributed by atoms with van der Waals surface area (Å²) in [4.78, 5) is 12.1. The Labute approximate surface area is 126 Å². The lowest BCUT2D eigenvalue weighted by atomic mass is 9.77. The highest BCUT2D eigenvalue weighted by molar-refractivity contribution is 6.59. The number of hydrogen-bond acceptors (Lipinski definition) is 3. The van der Waals surface area contributed by atoms with Crippen molar-refractivity contribution < 1.29 is 19.2 Å². The highest BCUT2D eigenvalue weighted by Gasteiger charge is 2.16. The van der Waals surface area contributed by atoms with Gasteiger partial charge in [0.1, 0.15) is 5.82 Å². The minimum atomic E-state index is -1.63. The fraction of sp³-hybridized carbons (Fsp3) is 0.0714. The first-order valence-corrected chi connectivity index (χ1v) is 6.49. The SMILES string of the molecule is Cc1ccc(NC(=O)c2ccc(F)cc2Cl)cc1B(O)O. The van der Waals surface area contributed by atoms with Crippen LogP contribution in [0.1, 0.15) is 15.9 Å². The maximum absolute atomic E-state index is 13.0. The van der Waals surface area contributed by atoms with Crippen LogP contribution >= 0.6 is 11.6 Å². The van der Waals surface area contributed by atoms with Gasteiger partial charge in [0.2, 0.25) is 0 Å². The summed E-state index contributed by atoms with van der Waals surface area (Å²) in [7, 11) is -1.63. The monoisotopic (exact) mass is 307 g/mol. The standard InChI is InChI=1S/C14H12BClFNO3/c1-8-2-4-10(7-12(8)15(20)21)18-14(19)11-5-3-9(17)6-13(11)16/h2-7,20-21H,1H3,(H,18,19). The molecule has 0 saturated heterocycles. The van der Waals surface area contributed by atoms with Gasteiger partial charge in [-0.3, -0.25) is 4.79 Å². The molecule has 7 heteroatoms. The molecule has 0 radical (unpaired) electrons. The number of benzene rings is 2. The highest BCUT2D eigenvalue weighted by atomic mass is 35.5. The second-order valence-electron chi connectivity index (χ2n) is 4.52. The Kier molecular flexibility index (Phi) is 4.62. The quantitative estimate of drug-likeness (QED) is 0.756. The van der Waals surface area contributed by atoms with E-state index in [2.05, 4.69) is 5.32 Å². The number of anilines is 1. The zero-order valence-corrected chi connectivity index (χ0v) is 11.9. The molecule has 0 fully saturated rings. The molecule has 0 unspecified atom stereocenters. The molecule has 0 spiro atoms. The molecular formula is C14H12BClFNO3. The van der Waals surface area contributed by atoms with Gasteiger partial charge >= 0.3 is 7.12 Å². The van der Waals surface area contributed by atoms with Crippen LogP contribution in [0.2, 0.25) is 5.02 Å². The van der Waals surface area contributed by atoms with Gasteiger partial charge in [-0.25, -0.2) is 4.39 Å². The van der Waals surface area contributed by atoms with Crippen molar-refractivity contribution in [2.75, 3.05) is 5.32 Å². The number of amides is 1. The van der Waals surface area contributed by atoms with Crippen molar-refractivity contribution in [3.8, 4) is 0 Å². The fourth-order valence-corrected chi connectivity index (χ4v) is 2.12. The molecule has 4 nitrogen and oxygen atoms in total. The average Bonchev–Trinajstić information content (AvgIpc) is 2.40. The largest absolute Gasteiger partial charge is 0.488 e. The third-order valence-corrected chi connectivity index (χ3v) is 3.30. The second-order valence-corrected chi connectivity index (χ2v) is 4.93. The van der Waals surface area contributed by atoms with Gasteiger partial charge in [0.25, 0.3) is 5.91 Å². The summed E-state index contributed by atoms with van der Waals surface area (Å²) in [5, 5.41) is 21.0. The Bertz CT molecular complexity index is 694. The lowest BCUT2D eigenvalue weighted by Crippen LogP contribution is -2.32. The molecule has 0 bridgehead atoms. The van der Waals surface area contributed by atoms with Gasteiger partial charge < -0.3 is 15.4 Å². The fourth-order valence-electron chi connectivity index (χ4n) is 1.87. The van der Waals surface area contributed by atoms with Gasteiger partial charge in [0.05, 0.1) is 10.6 Å². The molecular weight excluding hydrogens is 295 g/mol. The molecule has 108 valence electrons. The highest BCUT2D eigenvalue weighted by Crippen LogP contribution is 2.19. The van der Waals surface area contributed by atoms with E-state index in [0.29, 0.717) is 11.3 Å². The molecule has 0 aromatic heterocycles. The molecule has 0 heterocycles. The van der Waals surface area contributed by atoms with Gasteiger partial charge in [-0.2, -0.15) is 0 Å². The predicted octanol–water partition coefficient (Wildman–Crippen LogP) is 1.72. The molecule has 0 saturated carbocycles. The summed E-state index contributed by atoms with van der Waals surface area (Å²) in [6.45, 7) is 1.72. The van der Waals surface area contributed by atoms with Crippen molar-refractivity contribution in [2.24, 2.45) is 0 Å². The molecule has 0 atom stereocenters.